The molecule has 6 rings (SSSR count). The minimum Gasteiger partial charge on any atom is -0.508 e. The van der Waals surface area contributed by atoms with Crippen molar-refractivity contribution in [3.8, 4) is 11.5 Å². The van der Waals surface area contributed by atoms with Gasteiger partial charge in [-0.05, 0) is 76.1 Å². The molecule has 2 bridgehead atoms. The van der Waals surface area contributed by atoms with Crippen LogP contribution in [0.5, 0.6) is 11.5 Å². The van der Waals surface area contributed by atoms with E-state index in [1.807, 2.05) is 12.1 Å². The number of nitrogens with zero attached hydrogens (tertiary/aromatic N) is 1. The van der Waals surface area contributed by atoms with Crippen molar-refractivity contribution in [1.82, 2.24) is 10.2 Å². The Balaban J connectivity index is 1.51. The van der Waals surface area contributed by atoms with Gasteiger partial charge in [0.05, 0.1) is 0 Å². The summed E-state index contributed by atoms with van der Waals surface area (Å²) in [5.41, 5.74) is 2.70. The molecule has 1 aromatic rings. The van der Waals surface area contributed by atoms with E-state index in [4.69, 9.17) is 4.74 Å². The lowest BCUT2D eigenvalue weighted by Gasteiger charge is -2.59. The molecular formula is C21H28N2O2. The first-order valence-electron chi connectivity index (χ1n) is 10.2. The number of phenols is 1. The van der Waals surface area contributed by atoms with Gasteiger partial charge >= 0.3 is 0 Å². The molecule has 3 aliphatic carbocycles. The fourth-order valence-electron chi connectivity index (χ4n) is 6.79. The zero-order valence-corrected chi connectivity index (χ0v) is 15.0. The van der Waals surface area contributed by atoms with E-state index in [9.17, 15) is 5.11 Å². The van der Waals surface area contributed by atoms with Gasteiger partial charge in [-0.25, -0.2) is 0 Å². The van der Waals surface area contributed by atoms with Gasteiger partial charge in [-0.2, -0.15) is 0 Å². The van der Waals surface area contributed by atoms with Crippen LogP contribution in [0, 0.1) is 11.8 Å². The van der Waals surface area contributed by atoms with Crippen LogP contribution in [-0.4, -0.2) is 48.3 Å². The van der Waals surface area contributed by atoms with E-state index in [1.54, 1.807) is 0 Å². The highest BCUT2D eigenvalue weighted by Crippen LogP contribution is 2.63. The maximum Gasteiger partial charge on any atom is 0.124 e. The summed E-state index contributed by atoms with van der Waals surface area (Å²) in [6.45, 7) is 2.47. The number of hydrogen-bond donors (Lipinski definition) is 2. The van der Waals surface area contributed by atoms with E-state index in [0.29, 0.717) is 23.8 Å². The molecule has 2 saturated carbocycles. The predicted octanol–water partition coefficient (Wildman–Crippen LogP) is 2.43. The largest absolute Gasteiger partial charge is 0.508 e. The molecule has 3 fully saturated rings. The van der Waals surface area contributed by atoms with Crippen molar-refractivity contribution in [2.24, 2.45) is 11.8 Å². The monoisotopic (exact) mass is 340 g/mol. The molecule has 5 aliphatic rings. The third kappa shape index (κ3) is 1.80. The number of aromatic hydroxyl groups is 1. The van der Waals surface area contributed by atoms with Crippen LogP contribution in [0.25, 0.3) is 0 Å². The highest BCUT2D eigenvalue weighted by Gasteiger charge is 2.65. The van der Waals surface area contributed by atoms with Crippen molar-refractivity contribution in [1.29, 1.82) is 0 Å². The Kier molecular flexibility index (Phi) is 2.92. The number of nitrogens with one attached hydrogen (secondary N) is 1. The number of hydrogen-bond acceptors (Lipinski definition) is 4. The standard InChI is InChI=1S/C21H28N2O2/c1-22-15-5-4-14-16-10-13-17(24)6-7-18-19(13)21(14,20(15)25-18)8-9-23(16)11-12-2-3-12/h6-7,12,14-16,20,22,24H,2-5,8-11H2,1H3/t14-,15+,16+,20-,21-/m0/s1. The average molecular weight is 340 g/mol. The van der Waals surface area contributed by atoms with Gasteiger partial charge in [-0.3, -0.25) is 4.90 Å². The summed E-state index contributed by atoms with van der Waals surface area (Å²) in [6, 6.07) is 4.89. The Morgan fingerprint density at radius 3 is 2.96 bits per heavy atom. The third-order valence-corrected chi connectivity index (χ3v) is 8.01. The smallest absolute Gasteiger partial charge is 0.124 e. The number of benzene rings is 1. The molecule has 2 aliphatic heterocycles. The van der Waals surface area contributed by atoms with Crippen LogP contribution in [0.15, 0.2) is 12.1 Å². The molecule has 134 valence electrons. The van der Waals surface area contributed by atoms with Crippen LogP contribution in [0.4, 0.5) is 0 Å². The maximum absolute atomic E-state index is 10.7. The Morgan fingerprint density at radius 2 is 2.16 bits per heavy atom. The van der Waals surface area contributed by atoms with Crippen LogP contribution in [-0.2, 0) is 11.8 Å². The van der Waals surface area contributed by atoms with Gasteiger partial charge < -0.3 is 15.2 Å². The highest BCUT2D eigenvalue weighted by molar-refractivity contribution is 5.59. The van der Waals surface area contributed by atoms with Crippen LogP contribution < -0.4 is 10.1 Å². The Hall–Kier alpha value is -1.26. The van der Waals surface area contributed by atoms with Crippen molar-refractivity contribution < 1.29 is 9.84 Å². The van der Waals surface area contributed by atoms with E-state index < -0.39 is 0 Å². The first-order chi connectivity index (χ1) is 12.2. The number of piperidine rings is 1. The molecule has 2 N–H and O–H groups in total. The zero-order valence-electron chi connectivity index (χ0n) is 15.0. The molecule has 0 radical (unpaired) electrons. The average Bonchev–Trinajstić information content (AvgIpc) is 3.37. The van der Waals surface area contributed by atoms with Gasteiger partial charge in [0.2, 0.25) is 0 Å². The quantitative estimate of drug-likeness (QED) is 0.887. The Morgan fingerprint density at radius 1 is 1.28 bits per heavy atom. The van der Waals surface area contributed by atoms with Crippen molar-refractivity contribution in [3.05, 3.63) is 23.3 Å². The predicted molar refractivity (Wildman–Crippen MR) is 96.2 cm³/mol. The fourth-order valence-corrected chi connectivity index (χ4v) is 6.79. The Labute approximate surface area is 149 Å². The lowest BCUT2D eigenvalue weighted by molar-refractivity contribution is -0.0650. The van der Waals surface area contributed by atoms with Crippen LogP contribution >= 0.6 is 0 Å². The number of phenolic OH excluding ortho intramolecular Hbond substituents is 1. The van der Waals surface area contributed by atoms with E-state index in [0.717, 1.165) is 18.1 Å². The van der Waals surface area contributed by atoms with Crippen LogP contribution in [0.2, 0.25) is 0 Å². The molecule has 4 heteroatoms. The van der Waals surface area contributed by atoms with E-state index >= 15 is 0 Å². The van der Waals surface area contributed by atoms with E-state index in [2.05, 4.69) is 17.3 Å². The molecule has 1 spiro atoms. The summed E-state index contributed by atoms with van der Waals surface area (Å²) >= 11 is 0. The second kappa shape index (κ2) is 4.92. The van der Waals surface area contributed by atoms with Gasteiger partial charge in [0.25, 0.3) is 0 Å². The van der Waals surface area contributed by atoms with E-state index in [-0.39, 0.29) is 11.5 Å². The maximum atomic E-state index is 10.7. The van der Waals surface area contributed by atoms with Crippen molar-refractivity contribution in [2.75, 3.05) is 20.1 Å². The van der Waals surface area contributed by atoms with E-state index in [1.165, 1.54) is 56.3 Å². The van der Waals surface area contributed by atoms with Gasteiger partial charge in [-0.1, -0.05) is 0 Å². The minimum absolute atomic E-state index is 0.123. The van der Waals surface area contributed by atoms with Crippen molar-refractivity contribution in [3.63, 3.8) is 0 Å². The minimum atomic E-state index is 0.123. The second-order valence-corrected chi connectivity index (χ2v) is 9.05. The highest BCUT2D eigenvalue weighted by atomic mass is 16.5. The first kappa shape index (κ1) is 14.9. The number of rotatable bonds is 3. The number of likely N-dealkylation sites (N-methyl/N-ethyl adjacent to an activating group) is 1. The van der Waals surface area contributed by atoms with Gasteiger partial charge in [-0.15, -0.1) is 0 Å². The topological polar surface area (TPSA) is 44.7 Å². The normalized spacial score (nSPS) is 41.3. The third-order valence-electron chi connectivity index (χ3n) is 8.01. The lowest BCUT2D eigenvalue weighted by Crippen LogP contribution is -2.68. The summed E-state index contributed by atoms with van der Waals surface area (Å²) in [6.07, 6.45) is 7.75. The number of ether oxygens (including phenoxy) is 1. The second-order valence-electron chi connectivity index (χ2n) is 9.05. The molecule has 1 saturated heterocycles. The molecule has 0 amide bonds. The van der Waals surface area contributed by atoms with Crippen LogP contribution in [0.3, 0.4) is 0 Å². The molecule has 5 atom stereocenters. The SMILES string of the molecule is CN[C@@H]1CC[C@H]2[C@H]3Cc4c(O)ccc5c4[C@@]2(CCN3CC2CC2)[C@H]1O5. The molecule has 1 aromatic carbocycles. The van der Waals surface area contributed by atoms with Crippen LogP contribution in [0.1, 0.15) is 43.2 Å². The summed E-state index contributed by atoms with van der Waals surface area (Å²) in [7, 11) is 2.08. The molecule has 25 heavy (non-hydrogen) atoms. The van der Waals surface area contributed by atoms with Crippen molar-refractivity contribution >= 4 is 0 Å². The molecular weight excluding hydrogens is 312 g/mol. The first-order valence-corrected chi connectivity index (χ1v) is 10.2. The molecule has 0 aromatic heterocycles. The summed E-state index contributed by atoms with van der Waals surface area (Å²) in [5, 5.41) is 14.2. The van der Waals surface area contributed by atoms with Crippen molar-refractivity contribution in [2.45, 2.75) is 62.1 Å². The number of likely N-dealkylation sites (tertiary alicyclic amines) is 1. The Bertz CT molecular complexity index is 731. The lowest BCUT2D eigenvalue weighted by atomic mass is 9.51. The molecule has 4 nitrogen and oxygen atoms in total. The molecule has 2 heterocycles. The molecule has 0 unspecified atom stereocenters. The summed E-state index contributed by atoms with van der Waals surface area (Å²) in [5.74, 6) is 3.16. The van der Waals surface area contributed by atoms with Gasteiger partial charge in [0.15, 0.2) is 0 Å². The van der Waals surface area contributed by atoms with Gasteiger partial charge in [0, 0.05) is 35.2 Å². The summed E-state index contributed by atoms with van der Waals surface area (Å²) < 4.78 is 6.57. The fraction of sp³-hybridized carbons (Fsp3) is 0.714. The zero-order chi connectivity index (χ0) is 16.8. The summed E-state index contributed by atoms with van der Waals surface area (Å²) in [4.78, 5) is 2.78. The van der Waals surface area contributed by atoms with Gasteiger partial charge in [0.1, 0.15) is 17.6 Å².